The molecule has 0 rings (SSSR count). The molecule has 0 aromatic rings. The van der Waals surface area contributed by atoms with E-state index in [1.807, 2.05) is 0 Å². The molecule has 2 heteroatoms. The molecule has 0 saturated heterocycles. The third kappa shape index (κ3) is 4.31. The molecule has 2 nitrogen and oxygen atoms in total. The highest BCUT2D eigenvalue weighted by Gasteiger charge is 2.29. The topological polar surface area (TPSA) is 35.2 Å². The third-order valence-corrected chi connectivity index (χ3v) is 2.12. The van der Waals surface area contributed by atoms with E-state index in [1.54, 1.807) is 7.11 Å². The molecule has 0 saturated carbocycles. The van der Waals surface area contributed by atoms with Crippen LogP contribution in [0.2, 0.25) is 0 Å². The Morgan fingerprint density at radius 1 is 1.46 bits per heavy atom. The molecular formula is C11H21NO. The predicted molar refractivity (Wildman–Crippen MR) is 56.3 cm³/mol. The van der Waals surface area contributed by atoms with Gasteiger partial charge in [-0.2, -0.15) is 0 Å². The molecule has 0 aliphatic heterocycles. The van der Waals surface area contributed by atoms with Crippen LogP contribution in [-0.2, 0) is 4.74 Å². The van der Waals surface area contributed by atoms with E-state index >= 15 is 0 Å². The van der Waals surface area contributed by atoms with Gasteiger partial charge in [0.15, 0.2) is 0 Å². The van der Waals surface area contributed by atoms with Gasteiger partial charge in [-0.1, -0.05) is 20.8 Å². The van der Waals surface area contributed by atoms with Crippen LogP contribution in [0, 0.1) is 17.8 Å². The number of rotatable bonds is 4. The number of ether oxygens (including phenoxy) is 1. The number of nitrogens with two attached hydrogens (primary N) is 1. The van der Waals surface area contributed by atoms with E-state index in [0.29, 0.717) is 0 Å². The van der Waals surface area contributed by atoms with Crippen LogP contribution in [0.1, 0.15) is 33.6 Å². The Hall–Kier alpha value is -0.520. The summed E-state index contributed by atoms with van der Waals surface area (Å²) in [4.78, 5) is 0. The smallest absolute Gasteiger partial charge is 0.0770 e. The Labute approximate surface area is 81.8 Å². The summed E-state index contributed by atoms with van der Waals surface area (Å²) in [6.07, 6.45) is 6.80. The first-order chi connectivity index (χ1) is 5.93. The highest BCUT2D eigenvalue weighted by atomic mass is 16.5. The summed E-state index contributed by atoms with van der Waals surface area (Å²) in [6, 6.07) is 0.0287. The molecule has 2 N–H and O–H groups in total. The van der Waals surface area contributed by atoms with Crippen LogP contribution in [0.3, 0.4) is 0 Å². The van der Waals surface area contributed by atoms with Gasteiger partial charge in [0.25, 0.3) is 0 Å². The first-order valence-corrected chi connectivity index (χ1v) is 4.65. The molecule has 2 unspecified atom stereocenters. The van der Waals surface area contributed by atoms with Gasteiger partial charge in [0, 0.05) is 19.6 Å². The summed E-state index contributed by atoms with van der Waals surface area (Å²) >= 11 is 0. The number of terminal acetylenes is 1. The lowest BCUT2D eigenvalue weighted by Crippen LogP contribution is -2.44. The molecule has 0 heterocycles. The Balaban J connectivity index is 4.17. The van der Waals surface area contributed by atoms with E-state index in [9.17, 15) is 0 Å². The summed E-state index contributed by atoms with van der Waals surface area (Å²) < 4.78 is 5.38. The van der Waals surface area contributed by atoms with Gasteiger partial charge in [-0.3, -0.25) is 0 Å². The van der Waals surface area contributed by atoms with E-state index in [0.717, 1.165) is 12.8 Å². The zero-order valence-corrected chi connectivity index (χ0v) is 9.13. The summed E-state index contributed by atoms with van der Waals surface area (Å²) in [6.45, 7) is 6.37. The Bertz CT molecular complexity index is 176. The van der Waals surface area contributed by atoms with Gasteiger partial charge < -0.3 is 10.5 Å². The van der Waals surface area contributed by atoms with Crippen molar-refractivity contribution in [3.63, 3.8) is 0 Å². The average Bonchev–Trinajstić information content (AvgIpc) is 1.99. The standard InChI is InChI=1S/C11H21NO/c1-6-7-8-9(12)10(13-5)11(2,3)4/h1,9-10H,7-8,12H2,2-5H3. The molecule has 2 atom stereocenters. The van der Waals surface area contributed by atoms with Gasteiger partial charge in [0.05, 0.1) is 6.10 Å². The lowest BCUT2D eigenvalue weighted by atomic mass is 9.83. The fourth-order valence-electron chi connectivity index (χ4n) is 1.57. The highest BCUT2D eigenvalue weighted by molar-refractivity contribution is 4.90. The number of methoxy groups -OCH3 is 1. The molecule has 0 aliphatic rings. The lowest BCUT2D eigenvalue weighted by molar-refractivity contribution is -0.00323. The van der Waals surface area contributed by atoms with Crippen molar-refractivity contribution in [3.05, 3.63) is 0 Å². The molecule has 0 aromatic heterocycles. The molecule has 0 amide bonds. The molecule has 0 bridgehead atoms. The molecule has 0 fully saturated rings. The van der Waals surface area contributed by atoms with Crippen LogP contribution in [0.5, 0.6) is 0 Å². The number of hydrogen-bond donors (Lipinski definition) is 1. The van der Waals surface area contributed by atoms with Gasteiger partial charge in [-0.25, -0.2) is 0 Å². The molecular weight excluding hydrogens is 162 g/mol. The van der Waals surface area contributed by atoms with E-state index in [1.165, 1.54) is 0 Å². The largest absolute Gasteiger partial charge is 0.379 e. The average molecular weight is 183 g/mol. The zero-order valence-electron chi connectivity index (χ0n) is 9.13. The highest BCUT2D eigenvalue weighted by Crippen LogP contribution is 2.25. The van der Waals surface area contributed by atoms with Crippen molar-refractivity contribution >= 4 is 0 Å². The quantitative estimate of drug-likeness (QED) is 0.674. The fraction of sp³-hybridized carbons (Fsp3) is 0.818. The summed E-state index contributed by atoms with van der Waals surface area (Å²) in [7, 11) is 1.70. The van der Waals surface area contributed by atoms with Crippen LogP contribution in [0.4, 0.5) is 0 Å². The zero-order chi connectivity index (χ0) is 10.5. The second-order valence-electron chi connectivity index (χ2n) is 4.43. The van der Waals surface area contributed by atoms with Crippen LogP contribution >= 0.6 is 0 Å². The van der Waals surface area contributed by atoms with E-state index < -0.39 is 0 Å². The maximum atomic E-state index is 5.98. The van der Waals surface area contributed by atoms with Crippen molar-refractivity contribution in [2.24, 2.45) is 11.1 Å². The molecule has 13 heavy (non-hydrogen) atoms. The van der Waals surface area contributed by atoms with E-state index in [4.69, 9.17) is 16.9 Å². The van der Waals surface area contributed by atoms with E-state index in [2.05, 4.69) is 26.7 Å². The minimum absolute atomic E-state index is 0.0287. The maximum Gasteiger partial charge on any atom is 0.0770 e. The molecule has 0 spiro atoms. The van der Waals surface area contributed by atoms with Crippen molar-refractivity contribution in [1.82, 2.24) is 0 Å². The molecule has 0 aromatic carbocycles. The first-order valence-electron chi connectivity index (χ1n) is 4.65. The van der Waals surface area contributed by atoms with Crippen LogP contribution < -0.4 is 5.73 Å². The SMILES string of the molecule is C#CCCC(N)C(OC)C(C)(C)C. The van der Waals surface area contributed by atoms with Crippen molar-refractivity contribution in [1.29, 1.82) is 0 Å². The van der Waals surface area contributed by atoms with Gasteiger partial charge in [-0.15, -0.1) is 12.3 Å². The molecule has 0 radical (unpaired) electrons. The van der Waals surface area contributed by atoms with Crippen LogP contribution in [0.25, 0.3) is 0 Å². The fourth-order valence-corrected chi connectivity index (χ4v) is 1.57. The summed E-state index contributed by atoms with van der Waals surface area (Å²) in [5.74, 6) is 2.59. The van der Waals surface area contributed by atoms with Gasteiger partial charge in [-0.05, 0) is 11.8 Å². The monoisotopic (exact) mass is 183 g/mol. The second-order valence-corrected chi connectivity index (χ2v) is 4.43. The minimum atomic E-state index is 0.0287. The lowest BCUT2D eigenvalue weighted by Gasteiger charge is -2.33. The van der Waals surface area contributed by atoms with Gasteiger partial charge >= 0.3 is 0 Å². The summed E-state index contributed by atoms with van der Waals surface area (Å²) in [5.41, 5.74) is 6.05. The van der Waals surface area contributed by atoms with Crippen LogP contribution in [-0.4, -0.2) is 19.3 Å². The molecule has 0 aliphatic carbocycles. The van der Waals surface area contributed by atoms with Crippen LogP contribution in [0.15, 0.2) is 0 Å². The summed E-state index contributed by atoms with van der Waals surface area (Å²) in [5, 5.41) is 0. The predicted octanol–water partition coefficient (Wildman–Crippen LogP) is 1.79. The second kappa shape index (κ2) is 5.26. The Kier molecular flexibility index (Phi) is 5.05. The molecule has 76 valence electrons. The first kappa shape index (κ1) is 12.5. The normalized spacial score (nSPS) is 16.3. The minimum Gasteiger partial charge on any atom is -0.379 e. The van der Waals surface area contributed by atoms with E-state index in [-0.39, 0.29) is 17.6 Å². The van der Waals surface area contributed by atoms with Gasteiger partial charge in [0.1, 0.15) is 0 Å². The van der Waals surface area contributed by atoms with Crippen molar-refractivity contribution < 1.29 is 4.74 Å². The van der Waals surface area contributed by atoms with Crippen molar-refractivity contribution in [2.45, 2.75) is 45.8 Å². The van der Waals surface area contributed by atoms with Gasteiger partial charge in [0.2, 0.25) is 0 Å². The number of hydrogen-bond acceptors (Lipinski definition) is 2. The Morgan fingerprint density at radius 3 is 2.31 bits per heavy atom. The van der Waals surface area contributed by atoms with Crippen molar-refractivity contribution in [3.8, 4) is 12.3 Å². The van der Waals surface area contributed by atoms with Crippen molar-refractivity contribution in [2.75, 3.05) is 7.11 Å². The maximum absolute atomic E-state index is 5.98. The third-order valence-electron chi connectivity index (χ3n) is 2.12. The Morgan fingerprint density at radius 2 is 2.00 bits per heavy atom.